The van der Waals surface area contributed by atoms with Gasteiger partial charge in [-0.15, -0.1) is 0 Å². The van der Waals surface area contributed by atoms with Crippen molar-refractivity contribution in [2.24, 2.45) is 16.9 Å². The van der Waals surface area contributed by atoms with Gasteiger partial charge in [0.15, 0.2) is 0 Å². The quantitative estimate of drug-likeness (QED) is 0.675. The van der Waals surface area contributed by atoms with E-state index >= 15 is 0 Å². The monoisotopic (exact) mass is 241 g/mol. The average molecular weight is 241 g/mol. The van der Waals surface area contributed by atoms with Gasteiger partial charge in [0.05, 0.1) is 0 Å². The highest BCUT2D eigenvalue weighted by Crippen LogP contribution is 2.38. The molecule has 100 valence electrons. The molecule has 0 radical (unpaired) electrons. The van der Waals surface area contributed by atoms with Gasteiger partial charge in [-0.3, -0.25) is 4.79 Å². The molecule has 0 heterocycles. The first-order valence-corrected chi connectivity index (χ1v) is 6.64. The SMILES string of the molecule is CC(C)(CN)NC(=O)CC1(CN)CCCCC1. The molecule has 0 unspecified atom stereocenters. The van der Waals surface area contributed by atoms with Gasteiger partial charge in [0.2, 0.25) is 5.91 Å². The highest BCUT2D eigenvalue weighted by atomic mass is 16.1. The van der Waals surface area contributed by atoms with E-state index in [-0.39, 0.29) is 16.9 Å². The molecule has 0 aliphatic heterocycles. The van der Waals surface area contributed by atoms with Crippen molar-refractivity contribution in [3.05, 3.63) is 0 Å². The molecular formula is C13H27N3O. The van der Waals surface area contributed by atoms with Gasteiger partial charge in [0.25, 0.3) is 0 Å². The fourth-order valence-electron chi connectivity index (χ4n) is 2.57. The van der Waals surface area contributed by atoms with E-state index in [0.29, 0.717) is 19.5 Å². The summed E-state index contributed by atoms with van der Waals surface area (Å²) >= 11 is 0. The zero-order chi connectivity index (χ0) is 12.9. The van der Waals surface area contributed by atoms with Crippen molar-refractivity contribution in [3.63, 3.8) is 0 Å². The molecule has 1 fully saturated rings. The Labute approximate surface area is 105 Å². The molecule has 0 aromatic rings. The molecule has 4 nitrogen and oxygen atoms in total. The van der Waals surface area contributed by atoms with Gasteiger partial charge < -0.3 is 16.8 Å². The summed E-state index contributed by atoms with van der Waals surface area (Å²) in [4.78, 5) is 12.0. The van der Waals surface area contributed by atoms with Crippen LogP contribution in [0.25, 0.3) is 0 Å². The molecule has 1 aliphatic carbocycles. The minimum atomic E-state index is -0.318. The molecular weight excluding hydrogens is 214 g/mol. The molecule has 0 saturated heterocycles. The van der Waals surface area contributed by atoms with E-state index < -0.39 is 0 Å². The fraction of sp³-hybridized carbons (Fsp3) is 0.923. The predicted octanol–water partition coefficient (Wildman–Crippen LogP) is 1.14. The molecule has 0 spiro atoms. The van der Waals surface area contributed by atoms with E-state index in [4.69, 9.17) is 11.5 Å². The van der Waals surface area contributed by atoms with E-state index in [2.05, 4.69) is 5.32 Å². The first-order chi connectivity index (χ1) is 7.93. The Kier molecular flexibility index (Phi) is 4.95. The lowest BCUT2D eigenvalue weighted by atomic mass is 9.71. The molecule has 17 heavy (non-hydrogen) atoms. The summed E-state index contributed by atoms with van der Waals surface area (Å²) < 4.78 is 0. The van der Waals surface area contributed by atoms with Gasteiger partial charge >= 0.3 is 0 Å². The molecule has 5 N–H and O–H groups in total. The van der Waals surface area contributed by atoms with Gasteiger partial charge in [-0.1, -0.05) is 19.3 Å². The Balaban J connectivity index is 2.53. The van der Waals surface area contributed by atoms with E-state index in [9.17, 15) is 4.79 Å². The summed E-state index contributed by atoms with van der Waals surface area (Å²) in [7, 11) is 0. The standard InChI is InChI=1S/C13H27N3O/c1-12(2,9-14)16-11(17)8-13(10-15)6-4-3-5-7-13/h3-10,14-15H2,1-2H3,(H,16,17). The third-order valence-electron chi connectivity index (χ3n) is 3.87. The van der Waals surface area contributed by atoms with Crippen molar-refractivity contribution in [3.8, 4) is 0 Å². The minimum Gasteiger partial charge on any atom is -0.350 e. The van der Waals surface area contributed by atoms with Crippen molar-refractivity contribution >= 4 is 5.91 Å². The number of amides is 1. The number of hydrogen-bond acceptors (Lipinski definition) is 3. The molecule has 0 bridgehead atoms. The smallest absolute Gasteiger partial charge is 0.221 e. The molecule has 4 heteroatoms. The van der Waals surface area contributed by atoms with Crippen molar-refractivity contribution in [1.82, 2.24) is 5.32 Å². The third kappa shape index (κ3) is 4.28. The van der Waals surface area contributed by atoms with Crippen LogP contribution in [0, 0.1) is 5.41 Å². The second-order valence-corrected chi connectivity index (χ2v) is 6.08. The highest BCUT2D eigenvalue weighted by Gasteiger charge is 2.34. The van der Waals surface area contributed by atoms with Crippen LogP contribution < -0.4 is 16.8 Å². The predicted molar refractivity (Wildman–Crippen MR) is 70.5 cm³/mol. The zero-order valence-electron chi connectivity index (χ0n) is 11.2. The van der Waals surface area contributed by atoms with Crippen LogP contribution in [-0.4, -0.2) is 24.5 Å². The van der Waals surface area contributed by atoms with Crippen molar-refractivity contribution < 1.29 is 4.79 Å². The first kappa shape index (κ1) is 14.5. The van der Waals surface area contributed by atoms with E-state index in [0.717, 1.165) is 12.8 Å². The number of carbonyl (C=O) groups is 1. The topological polar surface area (TPSA) is 81.1 Å². The number of rotatable bonds is 5. The molecule has 0 aromatic carbocycles. The second-order valence-electron chi connectivity index (χ2n) is 6.08. The highest BCUT2D eigenvalue weighted by molar-refractivity contribution is 5.77. The summed E-state index contributed by atoms with van der Waals surface area (Å²) in [5, 5.41) is 2.99. The summed E-state index contributed by atoms with van der Waals surface area (Å²) in [6, 6.07) is 0. The zero-order valence-corrected chi connectivity index (χ0v) is 11.2. The van der Waals surface area contributed by atoms with E-state index in [1.54, 1.807) is 0 Å². The Morgan fingerprint density at radius 1 is 1.24 bits per heavy atom. The normalized spacial score (nSPS) is 20.0. The largest absolute Gasteiger partial charge is 0.350 e. The summed E-state index contributed by atoms with van der Waals surface area (Å²) in [5.74, 6) is 0.0906. The van der Waals surface area contributed by atoms with Crippen LogP contribution in [0.1, 0.15) is 52.4 Å². The van der Waals surface area contributed by atoms with Crippen LogP contribution in [0.5, 0.6) is 0 Å². The van der Waals surface area contributed by atoms with Crippen molar-refractivity contribution in [2.45, 2.75) is 57.9 Å². The molecule has 0 aromatic heterocycles. The van der Waals surface area contributed by atoms with Crippen LogP contribution in [0.3, 0.4) is 0 Å². The van der Waals surface area contributed by atoms with E-state index in [1.165, 1.54) is 19.3 Å². The van der Waals surface area contributed by atoms with Crippen molar-refractivity contribution in [2.75, 3.05) is 13.1 Å². The lowest BCUT2D eigenvalue weighted by Crippen LogP contribution is -2.50. The number of nitrogens with two attached hydrogens (primary N) is 2. The molecule has 1 aliphatic rings. The molecule has 1 saturated carbocycles. The Morgan fingerprint density at radius 3 is 2.29 bits per heavy atom. The van der Waals surface area contributed by atoms with Gasteiger partial charge in [0.1, 0.15) is 0 Å². The molecule has 1 rings (SSSR count). The van der Waals surface area contributed by atoms with Crippen LogP contribution in [0.15, 0.2) is 0 Å². The fourth-order valence-corrected chi connectivity index (χ4v) is 2.57. The maximum Gasteiger partial charge on any atom is 0.221 e. The maximum atomic E-state index is 12.0. The van der Waals surface area contributed by atoms with Crippen LogP contribution in [0.2, 0.25) is 0 Å². The first-order valence-electron chi connectivity index (χ1n) is 6.64. The number of hydrogen-bond donors (Lipinski definition) is 3. The molecule has 0 atom stereocenters. The maximum absolute atomic E-state index is 12.0. The average Bonchev–Trinajstić information content (AvgIpc) is 2.29. The number of nitrogens with one attached hydrogen (secondary N) is 1. The lowest BCUT2D eigenvalue weighted by molar-refractivity contribution is -0.125. The second kappa shape index (κ2) is 5.83. The van der Waals surface area contributed by atoms with Crippen LogP contribution >= 0.6 is 0 Å². The Bertz CT molecular complexity index is 257. The summed E-state index contributed by atoms with van der Waals surface area (Å²) in [6.45, 7) is 4.96. The third-order valence-corrected chi connectivity index (χ3v) is 3.87. The molecule has 1 amide bonds. The number of carbonyl (C=O) groups excluding carboxylic acids is 1. The van der Waals surface area contributed by atoms with Gasteiger partial charge in [0, 0.05) is 18.5 Å². The summed E-state index contributed by atoms with van der Waals surface area (Å²) in [6.07, 6.45) is 6.39. The minimum absolute atomic E-state index is 0.0347. The Hall–Kier alpha value is -0.610. The van der Waals surface area contributed by atoms with Crippen molar-refractivity contribution in [1.29, 1.82) is 0 Å². The van der Waals surface area contributed by atoms with Crippen LogP contribution in [-0.2, 0) is 4.79 Å². The van der Waals surface area contributed by atoms with E-state index in [1.807, 2.05) is 13.8 Å². The lowest BCUT2D eigenvalue weighted by Gasteiger charge is -2.36. The van der Waals surface area contributed by atoms with Gasteiger partial charge in [-0.2, -0.15) is 0 Å². The Morgan fingerprint density at radius 2 is 1.82 bits per heavy atom. The van der Waals surface area contributed by atoms with Gasteiger partial charge in [-0.05, 0) is 38.6 Å². The summed E-state index contributed by atoms with van der Waals surface area (Å²) in [5.41, 5.74) is 11.2. The van der Waals surface area contributed by atoms with Crippen LogP contribution in [0.4, 0.5) is 0 Å². The van der Waals surface area contributed by atoms with Gasteiger partial charge in [-0.25, -0.2) is 0 Å².